The van der Waals surface area contributed by atoms with Crippen molar-refractivity contribution in [1.82, 2.24) is 9.55 Å². The van der Waals surface area contributed by atoms with Crippen molar-refractivity contribution in [2.24, 2.45) is 7.05 Å². The van der Waals surface area contributed by atoms with Gasteiger partial charge in [-0.25, -0.2) is 4.98 Å². The van der Waals surface area contributed by atoms with Crippen LogP contribution in [0.15, 0.2) is 42.5 Å². The number of nitrogens with zero attached hydrogens (tertiary/aromatic N) is 3. The molecule has 0 bridgehead atoms. The van der Waals surface area contributed by atoms with E-state index >= 15 is 0 Å². The average molecular weight is 277 g/mol. The van der Waals surface area contributed by atoms with Crippen molar-refractivity contribution < 1.29 is 4.74 Å². The zero-order valence-electron chi connectivity index (χ0n) is 12.0. The predicted octanol–water partition coefficient (Wildman–Crippen LogP) is 3.51. The molecular weight excluding hydrogens is 262 g/mol. The third-order valence-corrected chi connectivity index (χ3v) is 3.44. The molecule has 0 unspecified atom stereocenters. The first kappa shape index (κ1) is 13.2. The monoisotopic (exact) mass is 277 g/mol. The summed E-state index contributed by atoms with van der Waals surface area (Å²) in [5.41, 5.74) is 3.38. The molecule has 0 aliphatic rings. The fourth-order valence-corrected chi connectivity index (χ4v) is 2.44. The fraction of sp³-hybridized carbons (Fsp3) is 0.176. The van der Waals surface area contributed by atoms with Gasteiger partial charge in [-0.2, -0.15) is 5.26 Å². The van der Waals surface area contributed by atoms with E-state index in [4.69, 9.17) is 10.00 Å². The van der Waals surface area contributed by atoms with Gasteiger partial charge in [0.15, 0.2) is 0 Å². The van der Waals surface area contributed by atoms with Crippen LogP contribution < -0.4 is 4.74 Å². The van der Waals surface area contributed by atoms with Crippen LogP contribution in [0.3, 0.4) is 0 Å². The first-order chi connectivity index (χ1) is 10.2. The summed E-state index contributed by atoms with van der Waals surface area (Å²) in [6, 6.07) is 15.5. The van der Waals surface area contributed by atoms with Crippen LogP contribution >= 0.6 is 0 Å². The van der Waals surface area contributed by atoms with Crippen molar-refractivity contribution in [2.75, 3.05) is 6.61 Å². The summed E-state index contributed by atoms with van der Waals surface area (Å²) in [6.07, 6.45) is 0. The molecule has 0 aliphatic heterocycles. The molecule has 104 valence electrons. The third-order valence-electron chi connectivity index (χ3n) is 3.44. The van der Waals surface area contributed by atoms with Crippen molar-refractivity contribution >= 4 is 11.0 Å². The maximum atomic E-state index is 9.00. The van der Waals surface area contributed by atoms with Gasteiger partial charge in [-0.15, -0.1) is 0 Å². The highest BCUT2D eigenvalue weighted by molar-refractivity contribution is 5.83. The number of benzene rings is 2. The summed E-state index contributed by atoms with van der Waals surface area (Å²) in [5.74, 6) is 1.66. The Balaban J connectivity index is 2.22. The van der Waals surface area contributed by atoms with E-state index in [1.54, 1.807) is 0 Å². The zero-order chi connectivity index (χ0) is 14.8. The minimum Gasteiger partial charge on any atom is -0.493 e. The standard InChI is InChI=1S/C17H15N3O/c1-3-21-16-7-5-4-6-13(16)17-19-14-10-12(11-18)8-9-15(14)20(17)2/h4-10H,3H2,1-2H3. The van der Waals surface area contributed by atoms with Gasteiger partial charge in [0.05, 0.1) is 34.8 Å². The Morgan fingerprint density at radius 1 is 1.24 bits per heavy atom. The molecule has 0 spiro atoms. The van der Waals surface area contributed by atoms with E-state index < -0.39 is 0 Å². The summed E-state index contributed by atoms with van der Waals surface area (Å²) in [5, 5.41) is 9.00. The number of aryl methyl sites for hydroxylation is 1. The van der Waals surface area contributed by atoms with Crippen LogP contribution in [0.5, 0.6) is 5.75 Å². The van der Waals surface area contributed by atoms with Crippen LogP contribution in [0.25, 0.3) is 22.4 Å². The summed E-state index contributed by atoms with van der Waals surface area (Å²) in [7, 11) is 1.97. The number of rotatable bonds is 3. The number of ether oxygens (including phenoxy) is 1. The van der Waals surface area contributed by atoms with Crippen molar-refractivity contribution in [1.29, 1.82) is 5.26 Å². The Bertz CT molecular complexity index is 843. The number of imidazole rings is 1. The van der Waals surface area contributed by atoms with Gasteiger partial charge in [-0.1, -0.05) is 12.1 Å². The summed E-state index contributed by atoms with van der Waals surface area (Å²) >= 11 is 0. The largest absolute Gasteiger partial charge is 0.493 e. The maximum Gasteiger partial charge on any atom is 0.144 e. The molecule has 4 heteroatoms. The normalized spacial score (nSPS) is 10.5. The number of para-hydroxylation sites is 1. The predicted molar refractivity (Wildman–Crippen MR) is 82.0 cm³/mol. The Kier molecular flexibility index (Phi) is 3.33. The first-order valence-corrected chi connectivity index (χ1v) is 6.83. The molecule has 2 aromatic carbocycles. The van der Waals surface area contributed by atoms with E-state index in [2.05, 4.69) is 11.1 Å². The SMILES string of the molecule is CCOc1ccccc1-c1nc2cc(C#N)ccc2n1C. The zero-order valence-corrected chi connectivity index (χ0v) is 12.0. The van der Waals surface area contributed by atoms with Crippen molar-refractivity contribution in [2.45, 2.75) is 6.92 Å². The Hall–Kier alpha value is -2.80. The fourth-order valence-electron chi connectivity index (χ4n) is 2.44. The van der Waals surface area contributed by atoms with E-state index in [1.807, 2.05) is 61.0 Å². The van der Waals surface area contributed by atoms with Crippen molar-refractivity contribution in [3.8, 4) is 23.2 Å². The molecular formula is C17H15N3O. The smallest absolute Gasteiger partial charge is 0.144 e. The second kappa shape index (κ2) is 5.29. The van der Waals surface area contributed by atoms with Gasteiger partial charge in [0.1, 0.15) is 11.6 Å². The van der Waals surface area contributed by atoms with Crippen LogP contribution in [0.2, 0.25) is 0 Å². The molecule has 0 N–H and O–H groups in total. The summed E-state index contributed by atoms with van der Waals surface area (Å²) in [6.45, 7) is 2.57. The van der Waals surface area contributed by atoms with E-state index in [0.29, 0.717) is 12.2 Å². The molecule has 0 aliphatic carbocycles. The molecule has 0 amide bonds. The first-order valence-electron chi connectivity index (χ1n) is 6.83. The van der Waals surface area contributed by atoms with Gasteiger partial charge < -0.3 is 9.30 Å². The summed E-state index contributed by atoms with van der Waals surface area (Å²) < 4.78 is 7.70. The number of hydrogen-bond donors (Lipinski definition) is 0. The number of hydrogen-bond acceptors (Lipinski definition) is 3. The van der Waals surface area contributed by atoms with Gasteiger partial charge in [-0.05, 0) is 37.3 Å². The van der Waals surface area contributed by atoms with E-state index in [1.165, 1.54) is 0 Å². The van der Waals surface area contributed by atoms with Gasteiger partial charge in [0.2, 0.25) is 0 Å². The number of fused-ring (bicyclic) bond motifs is 1. The lowest BCUT2D eigenvalue weighted by Gasteiger charge is -2.09. The molecule has 0 saturated carbocycles. The van der Waals surface area contributed by atoms with Crippen molar-refractivity contribution in [3.05, 3.63) is 48.0 Å². The molecule has 0 fully saturated rings. The minimum absolute atomic E-state index is 0.611. The van der Waals surface area contributed by atoms with Crippen LogP contribution in [-0.2, 0) is 7.05 Å². The molecule has 21 heavy (non-hydrogen) atoms. The highest BCUT2D eigenvalue weighted by Crippen LogP contribution is 2.31. The number of nitriles is 1. The van der Waals surface area contributed by atoms with Crippen LogP contribution in [0.1, 0.15) is 12.5 Å². The van der Waals surface area contributed by atoms with Gasteiger partial charge >= 0.3 is 0 Å². The van der Waals surface area contributed by atoms with Gasteiger partial charge in [-0.3, -0.25) is 0 Å². The van der Waals surface area contributed by atoms with E-state index in [9.17, 15) is 0 Å². The molecule has 1 heterocycles. The van der Waals surface area contributed by atoms with Gasteiger partial charge in [0.25, 0.3) is 0 Å². The van der Waals surface area contributed by atoms with E-state index in [-0.39, 0.29) is 0 Å². The van der Waals surface area contributed by atoms with Crippen LogP contribution in [0, 0.1) is 11.3 Å². The molecule has 0 atom stereocenters. The van der Waals surface area contributed by atoms with Crippen LogP contribution in [-0.4, -0.2) is 16.2 Å². The minimum atomic E-state index is 0.611. The second-order valence-corrected chi connectivity index (χ2v) is 4.74. The topological polar surface area (TPSA) is 50.8 Å². The molecule has 3 rings (SSSR count). The molecule has 1 aromatic heterocycles. The van der Waals surface area contributed by atoms with Gasteiger partial charge in [0, 0.05) is 7.05 Å². The third kappa shape index (κ3) is 2.23. The van der Waals surface area contributed by atoms with Crippen molar-refractivity contribution in [3.63, 3.8) is 0 Å². The lowest BCUT2D eigenvalue weighted by molar-refractivity contribution is 0.341. The Morgan fingerprint density at radius 2 is 2.05 bits per heavy atom. The highest BCUT2D eigenvalue weighted by Gasteiger charge is 2.14. The highest BCUT2D eigenvalue weighted by atomic mass is 16.5. The average Bonchev–Trinajstić information content (AvgIpc) is 2.84. The molecule has 0 radical (unpaired) electrons. The summed E-state index contributed by atoms with van der Waals surface area (Å²) in [4.78, 5) is 4.67. The maximum absolute atomic E-state index is 9.00. The quantitative estimate of drug-likeness (QED) is 0.736. The Morgan fingerprint density at radius 3 is 2.81 bits per heavy atom. The van der Waals surface area contributed by atoms with E-state index in [0.717, 1.165) is 28.2 Å². The second-order valence-electron chi connectivity index (χ2n) is 4.74. The number of aromatic nitrogens is 2. The Labute approximate surface area is 123 Å². The lowest BCUT2D eigenvalue weighted by Crippen LogP contribution is -1.97. The molecule has 0 saturated heterocycles. The molecule has 3 aromatic rings. The lowest BCUT2D eigenvalue weighted by atomic mass is 10.2. The van der Waals surface area contributed by atoms with Crippen LogP contribution in [0.4, 0.5) is 0 Å². The molecule has 4 nitrogen and oxygen atoms in total.